The number of nitrogens with zero attached hydrogens (tertiary/aromatic N) is 1. The Morgan fingerprint density at radius 3 is 1.44 bits per heavy atom. The molecule has 11 aromatic rings. The van der Waals surface area contributed by atoms with E-state index < -0.39 is 0 Å². The molecule has 0 bridgehead atoms. The smallest absolute Gasteiger partial charge is 0.143 e. The lowest BCUT2D eigenvalue weighted by atomic mass is 9.98. The van der Waals surface area contributed by atoms with E-state index in [0.29, 0.717) is 0 Å². The molecule has 2 heterocycles. The largest absolute Gasteiger partial charge is 0.455 e. The van der Waals surface area contributed by atoms with E-state index in [4.69, 9.17) is 4.42 Å². The third-order valence-electron chi connectivity index (χ3n) is 11.1. The van der Waals surface area contributed by atoms with E-state index in [1.807, 2.05) is 23.5 Å². The van der Waals surface area contributed by atoms with Crippen molar-refractivity contribution in [3.8, 4) is 44.5 Å². The quantitative estimate of drug-likeness (QED) is 0.162. The number of fused-ring (bicyclic) bond motifs is 6. The highest BCUT2D eigenvalue weighted by Crippen LogP contribution is 2.47. The first-order valence-corrected chi connectivity index (χ1v) is 20.1. The zero-order valence-electron chi connectivity index (χ0n) is 31.0. The summed E-state index contributed by atoms with van der Waals surface area (Å²) in [6.07, 6.45) is 0. The fraction of sp³-hybridized carbons (Fsp3) is 0. The van der Waals surface area contributed by atoms with Crippen molar-refractivity contribution in [2.24, 2.45) is 0 Å². The van der Waals surface area contributed by atoms with Crippen LogP contribution in [0.5, 0.6) is 0 Å². The molecular formula is C54H35NOS. The van der Waals surface area contributed by atoms with Crippen LogP contribution in [-0.4, -0.2) is 0 Å². The summed E-state index contributed by atoms with van der Waals surface area (Å²) in [5.74, 6) is 0. The maximum Gasteiger partial charge on any atom is 0.143 e. The molecule has 0 spiro atoms. The molecule has 0 atom stereocenters. The molecule has 0 aliphatic rings. The molecule has 3 heteroatoms. The molecule has 57 heavy (non-hydrogen) atoms. The van der Waals surface area contributed by atoms with Crippen LogP contribution >= 0.6 is 11.3 Å². The van der Waals surface area contributed by atoms with Gasteiger partial charge >= 0.3 is 0 Å². The lowest BCUT2D eigenvalue weighted by Crippen LogP contribution is -2.10. The number of thiophene rings is 1. The highest BCUT2D eigenvalue weighted by atomic mass is 32.1. The summed E-state index contributed by atoms with van der Waals surface area (Å²) in [6, 6.07) is 76.2. The van der Waals surface area contributed by atoms with Crippen LogP contribution in [0.1, 0.15) is 0 Å². The lowest BCUT2D eigenvalue weighted by Gasteiger charge is -2.26. The van der Waals surface area contributed by atoms with Gasteiger partial charge in [-0.2, -0.15) is 0 Å². The standard InChI is InChI=1S/C54H35NOS/c1-3-12-36(13-4-1)38-28-32-42(33-29-38)55(50-22-11-21-49-48-20-10-18-45(53(48)57-54(49)50)40-14-5-2-6-15-40)43-34-30-39(31-35-43)37-24-26-41(27-25-37)44-17-9-19-47-46-16-7-8-23-51(46)56-52(44)47/h1-35H. The van der Waals surface area contributed by atoms with Crippen molar-refractivity contribution in [2.75, 3.05) is 4.90 Å². The zero-order chi connectivity index (χ0) is 37.7. The number of benzene rings is 9. The summed E-state index contributed by atoms with van der Waals surface area (Å²) < 4.78 is 8.93. The lowest BCUT2D eigenvalue weighted by molar-refractivity contribution is 0.670. The molecule has 0 aliphatic heterocycles. The van der Waals surface area contributed by atoms with Crippen LogP contribution in [-0.2, 0) is 0 Å². The molecule has 0 radical (unpaired) electrons. The molecule has 0 N–H and O–H groups in total. The van der Waals surface area contributed by atoms with Gasteiger partial charge in [-0.1, -0.05) is 176 Å². The molecule has 11 rings (SSSR count). The van der Waals surface area contributed by atoms with Crippen molar-refractivity contribution in [1.29, 1.82) is 0 Å². The maximum atomic E-state index is 6.36. The Bertz CT molecular complexity index is 3200. The molecule has 0 unspecified atom stereocenters. The Hall–Kier alpha value is -7.20. The maximum absolute atomic E-state index is 6.36. The second kappa shape index (κ2) is 13.8. The summed E-state index contributed by atoms with van der Waals surface area (Å²) in [6.45, 7) is 0. The molecule has 0 saturated carbocycles. The predicted octanol–water partition coefficient (Wildman–Crippen LogP) is 16.1. The second-order valence-electron chi connectivity index (χ2n) is 14.5. The summed E-state index contributed by atoms with van der Waals surface area (Å²) in [5, 5.41) is 4.84. The molecule has 9 aromatic carbocycles. The van der Waals surface area contributed by atoms with Gasteiger partial charge < -0.3 is 9.32 Å². The number of hydrogen-bond acceptors (Lipinski definition) is 3. The van der Waals surface area contributed by atoms with Crippen LogP contribution < -0.4 is 4.90 Å². The number of rotatable bonds is 7. The topological polar surface area (TPSA) is 16.4 Å². The van der Waals surface area contributed by atoms with Crippen molar-refractivity contribution >= 4 is 70.5 Å². The van der Waals surface area contributed by atoms with Gasteiger partial charge in [0.25, 0.3) is 0 Å². The highest BCUT2D eigenvalue weighted by molar-refractivity contribution is 7.27. The van der Waals surface area contributed by atoms with E-state index in [9.17, 15) is 0 Å². The Kier molecular flexibility index (Phi) is 8.04. The Morgan fingerprint density at radius 2 is 0.772 bits per heavy atom. The third-order valence-corrected chi connectivity index (χ3v) is 12.4. The first-order valence-electron chi connectivity index (χ1n) is 19.3. The normalized spacial score (nSPS) is 11.5. The van der Waals surface area contributed by atoms with Gasteiger partial charge in [0.1, 0.15) is 11.2 Å². The van der Waals surface area contributed by atoms with Crippen LogP contribution in [0, 0.1) is 0 Å². The van der Waals surface area contributed by atoms with Crippen molar-refractivity contribution in [2.45, 2.75) is 0 Å². The van der Waals surface area contributed by atoms with Crippen LogP contribution in [0.3, 0.4) is 0 Å². The number of furan rings is 1. The van der Waals surface area contributed by atoms with Gasteiger partial charge in [-0.3, -0.25) is 0 Å². The van der Waals surface area contributed by atoms with Crippen molar-refractivity contribution in [3.63, 3.8) is 0 Å². The van der Waals surface area contributed by atoms with Gasteiger partial charge in [0, 0.05) is 43.2 Å². The van der Waals surface area contributed by atoms with E-state index in [1.165, 1.54) is 53.6 Å². The predicted molar refractivity (Wildman–Crippen MR) is 243 cm³/mol. The Morgan fingerprint density at radius 1 is 0.316 bits per heavy atom. The summed E-state index contributed by atoms with van der Waals surface area (Å²) in [4.78, 5) is 2.41. The molecule has 2 aromatic heterocycles. The van der Waals surface area contributed by atoms with Gasteiger partial charge in [-0.05, 0) is 75.3 Å². The second-order valence-corrected chi connectivity index (χ2v) is 15.5. The molecule has 0 aliphatic carbocycles. The van der Waals surface area contributed by atoms with E-state index in [0.717, 1.165) is 50.1 Å². The molecule has 0 fully saturated rings. The van der Waals surface area contributed by atoms with E-state index >= 15 is 0 Å². The van der Waals surface area contributed by atoms with E-state index in [2.05, 4.69) is 205 Å². The van der Waals surface area contributed by atoms with Crippen molar-refractivity contribution in [1.82, 2.24) is 0 Å². The highest BCUT2D eigenvalue weighted by Gasteiger charge is 2.20. The third kappa shape index (κ3) is 5.80. The first kappa shape index (κ1) is 33.2. The van der Waals surface area contributed by atoms with Crippen LogP contribution in [0.4, 0.5) is 17.1 Å². The summed E-state index contributed by atoms with van der Waals surface area (Å²) in [5.41, 5.74) is 14.7. The van der Waals surface area contributed by atoms with Crippen LogP contribution in [0.2, 0.25) is 0 Å². The van der Waals surface area contributed by atoms with Gasteiger partial charge in [0.15, 0.2) is 0 Å². The van der Waals surface area contributed by atoms with Crippen LogP contribution in [0.25, 0.3) is 86.6 Å². The first-order chi connectivity index (χ1) is 28.3. The Labute approximate surface area is 335 Å². The average Bonchev–Trinajstić information content (AvgIpc) is 3.87. The molecule has 0 amide bonds. The average molecular weight is 746 g/mol. The number of hydrogen-bond donors (Lipinski definition) is 0. The zero-order valence-corrected chi connectivity index (χ0v) is 31.8. The van der Waals surface area contributed by atoms with Crippen molar-refractivity contribution < 1.29 is 4.42 Å². The summed E-state index contributed by atoms with van der Waals surface area (Å²) >= 11 is 1.88. The SMILES string of the molecule is c1ccc(-c2ccc(N(c3ccc(-c4ccc(-c5cccc6c5oc5ccccc56)cc4)cc3)c3cccc4c3sc3c(-c5ccccc5)cccc34)cc2)cc1. The van der Waals surface area contributed by atoms with E-state index in [1.54, 1.807) is 0 Å². The fourth-order valence-electron chi connectivity index (χ4n) is 8.31. The van der Waals surface area contributed by atoms with E-state index in [-0.39, 0.29) is 0 Å². The minimum Gasteiger partial charge on any atom is -0.455 e. The molecular weight excluding hydrogens is 711 g/mol. The Balaban J connectivity index is 0.995. The van der Waals surface area contributed by atoms with Crippen LogP contribution in [0.15, 0.2) is 217 Å². The molecule has 0 saturated heterocycles. The van der Waals surface area contributed by atoms with Gasteiger partial charge in [0.2, 0.25) is 0 Å². The minimum absolute atomic E-state index is 0.915. The van der Waals surface area contributed by atoms with Gasteiger partial charge in [-0.15, -0.1) is 11.3 Å². The van der Waals surface area contributed by atoms with Gasteiger partial charge in [-0.25, -0.2) is 0 Å². The number of para-hydroxylation sites is 2. The van der Waals surface area contributed by atoms with Crippen molar-refractivity contribution in [3.05, 3.63) is 212 Å². The molecule has 2 nitrogen and oxygen atoms in total. The monoisotopic (exact) mass is 745 g/mol. The fourth-order valence-corrected chi connectivity index (χ4v) is 9.65. The minimum atomic E-state index is 0.915. The van der Waals surface area contributed by atoms with Gasteiger partial charge in [0.05, 0.1) is 10.4 Å². The number of anilines is 3. The summed E-state index contributed by atoms with van der Waals surface area (Å²) in [7, 11) is 0. The molecule has 268 valence electrons.